The number of carbonyl (C=O) groups is 1. The lowest BCUT2D eigenvalue weighted by Gasteiger charge is -2.26. The van der Waals surface area contributed by atoms with Crippen molar-refractivity contribution in [2.24, 2.45) is 17.6 Å². The van der Waals surface area contributed by atoms with Crippen molar-refractivity contribution >= 4 is 18.3 Å². The lowest BCUT2D eigenvalue weighted by molar-refractivity contribution is -0.126. The van der Waals surface area contributed by atoms with Gasteiger partial charge in [0.2, 0.25) is 5.91 Å². The summed E-state index contributed by atoms with van der Waals surface area (Å²) in [4.78, 5) is 12.0. The second kappa shape index (κ2) is 8.80. The first-order valence-corrected chi connectivity index (χ1v) is 7.79. The van der Waals surface area contributed by atoms with Crippen LogP contribution >= 0.6 is 12.4 Å². The minimum absolute atomic E-state index is 0. The molecule has 0 spiro atoms. The summed E-state index contributed by atoms with van der Waals surface area (Å²) >= 11 is 0. The van der Waals surface area contributed by atoms with Crippen molar-refractivity contribution in [2.75, 3.05) is 6.54 Å². The number of rotatable bonds is 4. The third-order valence-electron chi connectivity index (χ3n) is 4.66. The molecule has 2 aliphatic rings. The molecule has 1 amide bonds. The first kappa shape index (κ1) is 16.8. The molecule has 2 aliphatic carbocycles. The van der Waals surface area contributed by atoms with E-state index in [1.807, 2.05) is 0 Å². The second-order valence-corrected chi connectivity index (χ2v) is 6.21. The molecule has 112 valence electrons. The van der Waals surface area contributed by atoms with Crippen molar-refractivity contribution in [3.8, 4) is 0 Å². The molecule has 0 aromatic carbocycles. The average Bonchev–Trinajstić information content (AvgIpc) is 2.40. The molecular formula is C15H29ClN2O. The zero-order valence-corrected chi connectivity index (χ0v) is 12.7. The maximum atomic E-state index is 12.0. The molecule has 2 rings (SSSR count). The number of hydrogen-bond donors (Lipinski definition) is 2. The summed E-state index contributed by atoms with van der Waals surface area (Å²) in [5.74, 6) is 1.29. The van der Waals surface area contributed by atoms with Gasteiger partial charge < -0.3 is 11.1 Å². The van der Waals surface area contributed by atoms with E-state index in [9.17, 15) is 4.79 Å². The van der Waals surface area contributed by atoms with Crippen molar-refractivity contribution < 1.29 is 4.79 Å². The number of amides is 1. The Balaban J connectivity index is 0.00000180. The molecule has 2 unspecified atom stereocenters. The molecule has 0 saturated heterocycles. The van der Waals surface area contributed by atoms with Crippen LogP contribution in [-0.2, 0) is 4.79 Å². The van der Waals surface area contributed by atoms with Gasteiger partial charge in [-0.05, 0) is 31.6 Å². The van der Waals surface area contributed by atoms with Crippen LogP contribution in [0.4, 0.5) is 0 Å². The summed E-state index contributed by atoms with van der Waals surface area (Å²) in [5.41, 5.74) is 5.93. The highest BCUT2D eigenvalue weighted by Crippen LogP contribution is 2.26. The lowest BCUT2D eigenvalue weighted by Crippen LogP contribution is -2.38. The van der Waals surface area contributed by atoms with E-state index in [0.717, 1.165) is 38.1 Å². The van der Waals surface area contributed by atoms with Gasteiger partial charge in [0, 0.05) is 18.5 Å². The summed E-state index contributed by atoms with van der Waals surface area (Å²) in [5, 5.41) is 3.13. The summed E-state index contributed by atoms with van der Waals surface area (Å²) < 4.78 is 0. The molecule has 0 heterocycles. The fourth-order valence-corrected chi connectivity index (χ4v) is 3.49. The van der Waals surface area contributed by atoms with Crippen LogP contribution in [0.15, 0.2) is 0 Å². The summed E-state index contributed by atoms with van der Waals surface area (Å²) in [6, 6.07) is 0.243. The Hall–Kier alpha value is -0.280. The first-order valence-electron chi connectivity index (χ1n) is 7.79. The normalized spacial score (nSPS) is 28.5. The van der Waals surface area contributed by atoms with Crippen LogP contribution in [-0.4, -0.2) is 18.5 Å². The molecule has 0 radical (unpaired) electrons. The summed E-state index contributed by atoms with van der Waals surface area (Å²) in [6.07, 6.45) is 12.2. The number of hydrogen-bond acceptors (Lipinski definition) is 2. The van der Waals surface area contributed by atoms with Crippen molar-refractivity contribution in [3.05, 3.63) is 0 Å². The van der Waals surface area contributed by atoms with Crippen LogP contribution in [0.1, 0.15) is 64.2 Å². The van der Waals surface area contributed by atoms with E-state index in [1.165, 1.54) is 38.5 Å². The Morgan fingerprint density at radius 3 is 2.47 bits per heavy atom. The number of nitrogens with two attached hydrogens (primary N) is 1. The SMILES string of the molecule is Cl.NC1CCCC(C(=O)NCCC2CCCCC2)C1. The quantitative estimate of drug-likeness (QED) is 0.835. The van der Waals surface area contributed by atoms with Gasteiger partial charge >= 0.3 is 0 Å². The predicted molar refractivity (Wildman–Crippen MR) is 81.4 cm³/mol. The third kappa shape index (κ3) is 5.70. The minimum atomic E-state index is 0. The molecule has 19 heavy (non-hydrogen) atoms. The monoisotopic (exact) mass is 288 g/mol. The fraction of sp³-hybridized carbons (Fsp3) is 0.933. The van der Waals surface area contributed by atoms with Crippen LogP contribution in [0.5, 0.6) is 0 Å². The molecular weight excluding hydrogens is 260 g/mol. The Morgan fingerprint density at radius 2 is 1.79 bits per heavy atom. The Kier molecular flexibility index (Phi) is 7.77. The van der Waals surface area contributed by atoms with Crippen molar-refractivity contribution in [2.45, 2.75) is 70.3 Å². The van der Waals surface area contributed by atoms with Gasteiger partial charge in [0.05, 0.1) is 0 Å². The molecule has 2 fully saturated rings. The molecule has 4 heteroatoms. The first-order chi connectivity index (χ1) is 8.75. The van der Waals surface area contributed by atoms with Crippen molar-refractivity contribution in [1.29, 1.82) is 0 Å². The summed E-state index contributed by atoms with van der Waals surface area (Å²) in [7, 11) is 0. The number of halogens is 1. The van der Waals surface area contributed by atoms with E-state index in [0.29, 0.717) is 0 Å². The van der Waals surface area contributed by atoms with Gasteiger partial charge in [-0.2, -0.15) is 0 Å². The highest BCUT2D eigenvalue weighted by atomic mass is 35.5. The van der Waals surface area contributed by atoms with Crippen LogP contribution < -0.4 is 11.1 Å². The maximum Gasteiger partial charge on any atom is 0.223 e. The fourth-order valence-electron chi connectivity index (χ4n) is 3.49. The highest BCUT2D eigenvalue weighted by Gasteiger charge is 2.25. The number of nitrogens with one attached hydrogen (secondary N) is 1. The van der Waals surface area contributed by atoms with E-state index in [-0.39, 0.29) is 30.3 Å². The van der Waals surface area contributed by atoms with E-state index in [1.54, 1.807) is 0 Å². The van der Waals surface area contributed by atoms with Gasteiger partial charge in [-0.3, -0.25) is 4.79 Å². The van der Waals surface area contributed by atoms with Gasteiger partial charge in [0.15, 0.2) is 0 Å². The Labute approximate surface area is 123 Å². The zero-order chi connectivity index (χ0) is 12.8. The van der Waals surface area contributed by atoms with Gasteiger partial charge in [0.1, 0.15) is 0 Å². The predicted octanol–water partition coefficient (Wildman–Crippen LogP) is 3.01. The molecule has 3 N–H and O–H groups in total. The Bertz CT molecular complexity index is 267. The van der Waals surface area contributed by atoms with E-state index >= 15 is 0 Å². The molecule has 2 atom stereocenters. The molecule has 2 saturated carbocycles. The largest absolute Gasteiger partial charge is 0.356 e. The lowest BCUT2D eigenvalue weighted by atomic mass is 9.85. The number of carbonyl (C=O) groups excluding carboxylic acids is 1. The van der Waals surface area contributed by atoms with Gasteiger partial charge in [-0.15, -0.1) is 12.4 Å². The van der Waals surface area contributed by atoms with Crippen molar-refractivity contribution in [3.63, 3.8) is 0 Å². The molecule has 0 aliphatic heterocycles. The highest BCUT2D eigenvalue weighted by molar-refractivity contribution is 5.85. The van der Waals surface area contributed by atoms with E-state index in [2.05, 4.69) is 5.32 Å². The van der Waals surface area contributed by atoms with Crippen molar-refractivity contribution in [1.82, 2.24) is 5.32 Å². The van der Waals surface area contributed by atoms with E-state index < -0.39 is 0 Å². The minimum Gasteiger partial charge on any atom is -0.356 e. The molecule has 0 aromatic heterocycles. The summed E-state index contributed by atoms with van der Waals surface area (Å²) in [6.45, 7) is 0.870. The molecule has 0 aromatic rings. The van der Waals surface area contributed by atoms with Crippen LogP contribution in [0.2, 0.25) is 0 Å². The second-order valence-electron chi connectivity index (χ2n) is 6.21. The average molecular weight is 289 g/mol. The molecule has 0 bridgehead atoms. The van der Waals surface area contributed by atoms with Crippen LogP contribution in [0.25, 0.3) is 0 Å². The topological polar surface area (TPSA) is 55.1 Å². The molecule has 3 nitrogen and oxygen atoms in total. The van der Waals surface area contributed by atoms with Crippen LogP contribution in [0, 0.1) is 11.8 Å². The van der Waals surface area contributed by atoms with E-state index in [4.69, 9.17) is 5.73 Å². The van der Waals surface area contributed by atoms with Gasteiger partial charge in [0.25, 0.3) is 0 Å². The standard InChI is InChI=1S/C15H28N2O.ClH/c16-14-8-4-7-13(11-14)15(18)17-10-9-12-5-2-1-3-6-12;/h12-14H,1-11,16H2,(H,17,18);1H. The smallest absolute Gasteiger partial charge is 0.223 e. The van der Waals surface area contributed by atoms with Gasteiger partial charge in [-0.1, -0.05) is 38.5 Å². The zero-order valence-electron chi connectivity index (χ0n) is 11.9. The Morgan fingerprint density at radius 1 is 1.05 bits per heavy atom. The maximum absolute atomic E-state index is 12.0. The third-order valence-corrected chi connectivity index (χ3v) is 4.66. The van der Waals surface area contributed by atoms with Crippen LogP contribution in [0.3, 0.4) is 0 Å². The van der Waals surface area contributed by atoms with Gasteiger partial charge in [-0.25, -0.2) is 0 Å².